The van der Waals surface area contributed by atoms with E-state index in [1.807, 2.05) is 43.7 Å². The Kier molecular flexibility index (Phi) is 4.88. The zero-order valence-corrected chi connectivity index (χ0v) is 16.4. The second-order valence-electron chi connectivity index (χ2n) is 6.95. The highest BCUT2D eigenvalue weighted by Crippen LogP contribution is 2.25. The molecule has 0 amide bonds. The highest BCUT2D eigenvalue weighted by atomic mass is 19.1. The van der Waals surface area contributed by atoms with Crippen LogP contribution < -0.4 is 5.32 Å². The van der Waals surface area contributed by atoms with Crippen LogP contribution in [0.3, 0.4) is 0 Å². The second-order valence-corrected chi connectivity index (χ2v) is 6.95. The van der Waals surface area contributed by atoms with Crippen LogP contribution in [0.2, 0.25) is 0 Å². The maximum Gasteiger partial charge on any atom is 0.151 e. The van der Waals surface area contributed by atoms with E-state index in [-0.39, 0.29) is 11.7 Å². The lowest BCUT2D eigenvalue weighted by Gasteiger charge is -2.16. The minimum atomic E-state index is -0.652. The quantitative estimate of drug-likeness (QED) is 0.512. The molecule has 29 heavy (non-hydrogen) atoms. The van der Waals surface area contributed by atoms with Gasteiger partial charge < -0.3 is 9.88 Å². The summed E-state index contributed by atoms with van der Waals surface area (Å²) in [5.74, 6) is -0.335. The minimum absolute atomic E-state index is 0.0161. The molecule has 1 unspecified atom stereocenters. The number of nitrogens with one attached hydrogen (secondary N) is 1. The van der Waals surface area contributed by atoms with Crippen molar-refractivity contribution in [3.63, 3.8) is 0 Å². The van der Waals surface area contributed by atoms with E-state index in [1.54, 1.807) is 12.4 Å². The highest BCUT2D eigenvalue weighted by Gasteiger charge is 2.15. The van der Waals surface area contributed by atoms with E-state index in [2.05, 4.69) is 27.5 Å². The Hall–Kier alpha value is -3.48. The highest BCUT2D eigenvalue weighted by molar-refractivity contribution is 5.51. The largest absolute Gasteiger partial charge is 0.376 e. The molecular weight excluding hydrogens is 372 g/mol. The summed E-state index contributed by atoms with van der Waals surface area (Å²) in [5, 5.41) is 7.68. The summed E-state index contributed by atoms with van der Waals surface area (Å²) >= 11 is 0. The molecule has 0 aliphatic rings. The number of hydrogen-bond acceptors (Lipinski definition) is 3. The van der Waals surface area contributed by atoms with Crippen molar-refractivity contribution in [2.45, 2.75) is 26.8 Å². The average molecular weight is 393 g/mol. The first kappa shape index (κ1) is 18.9. The van der Waals surface area contributed by atoms with Crippen LogP contribution in [0.1, 0.15) is 30.0 Å². The maximum atomic E-state index is 14.1. The van der Waals surface area contributed by atoms with Gasteiger partial charge in [0.2, 0.25) is 0 Å². The summed E-state index contributed by atoms with van der Waals surface area (Å²) in [4.78, 5) is 4.25. The third-order valence-corrected chi connectivity index (χ3v) is 5.02. The van der Waals surface area contributed by atoms with E-state index in [4.69, 9.17) is 0 Å². The van der Waals surface area contributed by atoms with Crippen LogP contribution in [-0.2, 0) is 0 Å². The van der Waals surface area contributed by atoms with Gasteiger partial charge in [0.15, 0.2) is 5.82 Å². The molecule has 0 aliphatic heterocycles. The molecule has 1 atom stereocenters. The molecule has 0 fully saturated rings. The molecule has 2 aromatic carbocycles. The predicted octanol–water partition coefficient (Wildman–Crippen LogP) is 5.13. The number of aryl methyl sites for hydroxylation is 1. The number of nitrogens with zero attached hydrogens (tertiary/aromatic N) is 4. The van der Waals surface area contributed by atoms with Crippen molar-refractivity contribution < 1.29 is 8.78 Å². The Morgan fingerprint density at radius 2 is 1.79 bits per heavy atom. The molecule has 2 aromatic heterocycles. The third kappa shape index (κ3) is 3.63. The van der Waals surface area contributed by atoms with Crippen molar-refractivity contribution in [3.05, 3.63) is 89.8 Å². The normalized spacial score (nSPS) is 12.2. The molecule has 0 spiro atoms. The van der Waals surface area contributed by atoms with E-state index in [0.29, 0.717) is 0 Å². The fourth-order valence-electron chi connectivity index (χ4n) is 3.34. The average Bonchev–Trinajstić information content (AvgIpc) is 3.28. The van der Waals surface area contributed by atoms with Gasteiger partial charge in [-0.25, -0.2) is 18.4 Å². The van der Waals surface area contributed by atoms with Crippen LogP contribution in [0.15, 0.2) is 61.1 Å². The Morgan fingerprint density at radius 3 is 2.45 bits per heavy atom. The molecule has 0 saturated heterocycles. The molecule has 2 heterocycles. The van der Waals surface area contributed by atoms with Crippen molar-refractivity contribution in [2.75, 3.05) is 5.32 Å². The number of benzene rings is 2. The summed E-state index contributed by atoms with van der Waals surface area (Å²) in [5.41, 5.74) is 3.90. The van der Waals surface area contributed by atoms with Gasteiger partial charge in [-0.1, -0.05) is 12.1 Å². The summed E-state index contributed by atoms with van der Waals surface area (Å²) < 4.78 is 30.8. The summed E-state index contributed by atoms with van der Waals surface area (Å²) in [7, 11) is 0. The summed E-state index contributed by atoms with van der Waals surface area (Å²) in [6.07, 6.45) is 5.36. The molecule has 0 aliphatic carbocycles. The van der Waals surface area contributed by atoms with Gasteiger partial charge in [0.1, 0.15) is 17.3 Å². The van der Waals surface area contributed by atoms with Crippen LogP contribution in [0.4, 0.5) is 14.5 Å². The minimum Gasteiger partial charge on any atom is -0.376 e. The number of hydrogen-bond donors (Lipinski definition) is 1. The van der Waals surface area contributed by atoms with Crippen LogP contribution >= 0.6 is 0 Å². The van der Waals surface area contributed by atoms with E-state index < -0.39 is 11.6 Å². The van der Waals surface area contributed by atoms with Gasteiger partial charge in [0, 0.05) is 30.2 Å². The Bertz CT molecular complexity index is 1140. The molecule has 4 aromatic rings. The van der Waals surface area contributed by atoms with Gasteiger partial charge >= 0.3 is 0 Å². The zero-order chi connectivity index (χ0) is 20.5. The van der Waals surface area contributed by atoms with Gasteiger partial charge in [-0.2, -0.15) is 5.10 Å². The Morgan fingerprint density at radius 1 is 1.03 bits per heavy atom. The molecule has 0 radical (unpaired) electrons. The van der Waals surface area contributed by atoms with Gasteiger partial charge in [-0.15, -0.1) is 0 Å². The molecule has 7 heteroatoms. The monoisotopic (exact) mass is 393 g/mol. The van der Waals surface area contributed by atoms with Crippen LogP contribution in [0.5, 0.6) is 0 Å². The van der Waals surface area contributed by atoms with Gasteiger partial charge in [0.05, 0.1) is 17.6 Å². The number of imidazole rings is 1. The lowest BCUT2D eigenvalue weighted by molar-refractivity contribution is 0.572. The fraction of sp³-hybridized carbons (Fsp3) is 0.182. The summed E-state index contributed by atoms with van der Waals surface area (Å²) in [6, 6.07) is 11.7. The lowest BCUT2D eigenvalue weighted by atomic mass is 10.1. The topological polar surface area (TPSA) is 47.7 Å². The van der Waals surface area contributed by atoms with Crippen molar-refractivity contribution >= 4 is 5.69 Å². The van der Waals surface area contributed by atoms with E-state index in [9.17, 15) is 8.78 Å². The molecule has 1 N–H and O–H groups in total. The van der Waals surface area contributed by atoms with Crippen molar-refractivity contribution in [3.8, 4) is 11.4 Å². The van der Waals surface area contributed by atoms with Crippen LogP contribution in [-0.4, -0.2) is 19.3 Å². The van der Waals surface area contributed by atoms with E-state index >= 15 is 0 Å². The van der Waals surface area contributed by atoms with E-state index in [0.717, 1.165) is 34.5 Å². The number of aromatic nitrogens is 4. The first-order chi connectivity index (χ1) is 13.9. The SMILES string of the molecule is Cc1nccn1-c1ccc(C(C)Nc2cnn(-c3ccc(F)cc3F)c2C)cc1. The molecule has 4 rings (SSSR count). The summed E-state index contributed by atoms with van der Waals surface area (Å²) in [6.45, 7) is 5.85. The molecule has 0 saturated carbocycles. The molecule has 148 valence electrons. The first-order valence-electron chi connectivity index (χ1n) is 9.31. The molecule has 5 nitrogen and oxygen atoms in total. The molecule has 0 bridgehead atoms. The Labute approximate surface area is 167 Å². The van der Waals surface area contributed by atoms with Crippen LogP contribution in [0, 0.1) is 25.5 Å². The number of halogens is 2. The fourth-order valence-corrected chi connectivity index (χ4v) is 3.34. The number of anilines is 1. The number of rotatable bonds is 5. The van der Waals surface area contributed by atoms with E-state index in [1.165, 1.54) is 16.8 Å². The second kappa shape index (κ2) is 7.50. The first-order valence-corrected chi connectivity index (χ1v) is 9.31. The smallest absolute Gasteiger partial charge is 0.151 e. The predicted molar refractivity (Wildman–Crippen MR) is 109 cm³/mol. The third-order valence-electron chi connectivity index (χ3n) is 5.02. The van der Waals surface area contributed by atoms with Crippen molar-refractivity contribution in [1.29, 1.82) is 0 Å². The maximum absolute atomic E-state index is 14.1. The molecular formula is C22H21F2N5. The van der Waals surface area contributed by atoms with Gasteiger partial charge in [-0.3, -0.25) is 0 Å². The lowest BCUT2D eigenvalue weighted by Crippen LogP contribution is -2.08. The van der Waals surface area contributed by atoms with Crippen LogP contribution in [0.25, 0.3) is 11.4 Å². The zero-order valence-electron chi connectivity index (χ0n) is 16.4. The van der Waals surface area contributed by atoms with Crippen molar-refractivity contribution in [2.24, 2.45) is 0 Å². The van der Waals surface area contributed by atoms with Gasteiger partial charge in [-0.05, 0) is 50.6 Å². The Balaban J connectivity index is 1.54. The standard InChI is InChI=1S/C22H21F2N5/c1-14(17-4-7-19(8-5-17)28-11-10-25-16(28)3)27-21-13-26-29(15(21)2)22-9-6-18(23)12-20(22)24/h4-14,27H,1-3H3. The van der Waals surface area contributed by atoms with Gasteiger partial charge in [0.25, 0.3) is 0 Å². The van der Waals surface area contributed by atoms with Crippen molar-refractivity contribution in [1.82, 2.24) is 19.3 Å².